The van der Waals surface area contributed by atoms with Crippen molar-refractivity contribution in [1.29, 1.82) is 0 Å². The Morgan fingerprint density at radius 1 is 0.891 bits per heavy atom. The van der Waals surface area contributed by atoms with Crippen LogP contribution in [-0.2, 0) is 45.9 Å². The number of methoxy groups -OCH3 is 1. The highest BCUT2D eigenvalue weighted by atomic mass is 32.2. The molecule has 16 heteroatoms. The summed E-state index contributed by atoms with van der Waals surface area (Å²) < 4.78 is 105. The molecule has 0 bridgehead atoms. The van der Waals surface area contributed by atoms with Crippen molar-refractivity contribution in [2.45, 2.75) is 66.2 Å². The highest BCUT2D eigenvalue weighted by Crippen LogP contribution is 2.55. The van der Waals surface area contributed by atoms with E-state index in [1.54, 1.807) is 19.3 Å². The number of rotatable bonds is 13. The van der Waals surface area contributed by atoms with E-state index < -0.39 is 52.5 Å². The Morgan fingerprint density at radius 2 is 1.50 bits per heavy atom. The summed E-state index contributed by atoms with van der Waals surface area (Å²) in [5.41, 5.74) is 0.396. The van der Waals surface area contributed by atoms with Crippen LogP contribution in [0, 0.1) is 0 Å². The van der Waals surface area contributed by atoms with E-state index in [9.17, 15) is 44.0 Å². The largest absolute Gasteiger partial charge is 0.395 e. The molecule has 46 heavy (non-hydrogen) atoms. The molecule has 5 N–H and O–H groups in total. The first-order chi connectivity index (χ1) is 21.2. The molecule has 13 nitrogen and oxygen atoms in total. The SMILES string of the molecule is COCCC1(C)/C(=C\C=C\C2(C)N(CCO)c3ccc(S(=O)(=O)O)cc3C2(C)CCCS(=O)(=O)O)Nc2ccc(S(=O)(=O)O)cc21. The van der Waals surface area contributed by atoms with E-state index in [4.69, 9.17) is 4.74 Å². The van der Waals surface area contributed by atoms with Gasteiger partial charge in [0.05, 0.1) is 27.7 Å². The van der Waals surface area contributed by atoms with Crippen molar-refractivity contribution < 1.29 is 48.8 Å². The molecule has 2 heterocycles. The topological polar surface area (TPSA) is 208 Å². The smallest absolute Gasteiger partial charge is 0.294 e. The van der Waals surface area contributed by atoms with Crippen molar-refractivity contribution in [3.63, 3.8) is 0 Å². The normalized spacial score (nSPS) is 25.7. The summed E-state index contributed by atoms with van der Waals surface area (Å²) in [5.74, 6) is -0.522. The molecule has 2 aliphatic rings. The number of β-amino-alcohol motifs (C(OH)–C–C–N with tert-alkyl or cyclic N) is 1. The van der Waals surface area contributed by atoms with Crippen LogP contribution in [0.25, 0.3) is 0 Å². The lowest BCUT2D eigenvalue weighted by atomic mass is 9.66. The maximum Gasteiger partial charge on any atom is 0.294 e. The van der Waals surface area contributed by atoms with Gasteiger partial charge in [0, 0.05) is 48.2 Å². The molecule has 0 aliphatic carbocycles. The maximum absolute atomic E-state index is 12.1. The molecule has 2 aromatic rings. The predicted molar refractivity (Wildman–Crippen MR) is 173 cm³/mol. The highest BCUT2D eigenvalue weighted by Gasteiger charge is 2.54. The molecule has 254 valence electrons. The fourth-order valence-corrected chi connectivity index (χ4v) is 8.23. The lowest BCUT2D eigenvalue weighted by Gasteiger charge is -2.45. The number of nitrogens with zero attached hydrogens (tertiary/aromatic N) is 1. The fraction of sp³-hybridized carbons (Fsp3) is 0.467. The summed E-state index contributed by atoms with van der Waals surface area (Å²) in [6, 6.07) is 8.45. The van der Waals surface area contributed by atoms with E-state index in [0.29, 0.717) is 41.2 Å². The van der Waals surface area contributed by atoms with Gasteiger partial charge in [0.1, 0.15) is 0 Å². The lowest BCUT2D eigenvalue weighted by molar-refractivity contribution is 0.179. The minimum atomic E-state index is -4.58. The number of aliphatic hydroxyl groups excluding tert-OH is 1. The molecule has 0 saturated carbocycles. The minimum Gasteiger partial charge on any atom is -0.395 e. The number of ether oxygens (including phenoxy) is 1. The molecular weight excluding hydrogens is 661 g/mol. The van der Waals surface area contributed by atoms with Gasteiger partial charge in [0.2, 0.25) is 0 Å². The van der Waals surface area contributed by atoms with Crippen LogP contribution >= 0.6 is 0 Å². The van der Waals surface area contributed by atoms with Crippen LogP contribution in [0.3, 0.4) is 0 Å². The zero-order chi connectivity index (χ0) is 34.3. The third-order valence-electron chi connectivity index (χ3n) is 9.47. The predicted octanol–water partition coefficient (Wildman–Crippen LogP) is 3.54. The molecule has 0 aromatic heterocycles. The van der Waals surface area contributed by atoms with Crippen LogP contribution in [0.4, 0.5) is 11.4 Å². The second kappa shape index (κ2) is 12.6. The van der Waals surface area contributed by atoms with E-state index in [-0.39, 0.29) is 35.8 Å². The molecule has 2 aliphatic heterocycles. The van der Waals surface area contributed by atoms with Gasteiger partial charge in [-0.25, -0.2) is 0 Å². The Morgan fingerprint density at radius 3 is 2.07 bits per heavy atom. The van der Waals surface area contributed by atoms with Crippen LogP contribution in [0.5, 0.6) is 0 Å². The summed E-state index contributed by atoms with van der Waals surface area (Å²) in [6.45, 7) is 5.84. The zero-order valence-corrected chi connectivity index (χ0v) is 28.4. The van der Waals surface area contributed by atoms with Crippen molar-refractivity contribution in [3.8, 4) is 0 Å². The van der Waals surface area contributed by atoms with Crippen molar-refractivity contribution in [1.82, 2.24) is 0 Å². The second-order valence-corrected chi connectivity index (χ2v) is 16.6. The minimum absolute atomic E-state index is 0.0322. The van der Waals surface area contributed by atoms with E-state index in [2.05, 4.69) is 5.32 Å². The monoisotopic (exact) mass is 700 g/mol. The van der Waals surface area contributed by atoms with E-state index in [1.807, 2.05) is 37.8 Å². The number of fused-ring (bicyclic) bond motifs is 2. The molecule has 0 spiro atoms. The van der Waals surface area contributed by atoms with Crippen LogP contribution in [0.1, 0.15) is 51.2 Å². The number of aliphatic hydroxyl groups is 1. The first-order valence-corrected chi connectivity index (χ1v) is 18.9. The third kappa shape index (κ3) is 6.75. The van der Waals surface area contributed by atoms with Gasteiger partial charge in [-0.15, -0.1) is 0 Å². The van der Waals surface area contributed by atoms with Gasteiger partial charge in [0.15, 0.2) is 0 Å². The van der Waals surface area contributed by atoms with Gasteiger partial charge in [-0.3, -0.25) is 13.7 Å². The van der Waals surface area contributed by atoms with Crippen LogP contribution in [0.2, 0.25) is 0 Å². The molecule has 0 amide bonds. The van der Waals surface area contributed by atoms with Crippen LogP contribution in [0.15, 0.2) is 70.1 Å². The first-order valence-electron chi connectivity index (χ1n) is 14.4. The second-order valence-electron chi connectivity index (χ2n) is 12.2. The lowest BCUT2D eigenvalue weighted by Crippen LogP contribution is -2.54. The molecule has 0 radical (unpaired) electrons. The quantitative estimate of drug-likeness (QED) is 0.190. The summed E-state index contributed by atoms with van der Waals surface area (Å²) in [7, 11) is -11.8. The average Bonchev–Trinajstić information content (AvgIpc) is 3.32. The van der Waals surface area contributed by atoms with Crippen molar-refractivity contribution in [2.24, 2.45) is 0 Å². The highest BCUT2D eigenvalue weighted by molar-refractivity contribution is 7.86. The number of allylic oxidation sites excluding steroid dienone is 3. The summed E-state index contributed by atoms with van der Waals surface area (Å²) in [6.07, 6.45) is 6.14. The molecule has 2 aromatic carbocycles. The standard InChI is InChI=1S/C30H40N2O11S3/c1-28(14-17-43-4)23-19-21(45(37,38)39)8-10-25(23)31-27(28)7-5-13-30(3)29(2,12-6-18-44(34,35)36)24-20-22(46(40,41)42)9-11-26(24)32(30)15-16-33/h5,7-11,13,19-20,31,33H,6,12,14-18H2,1-4H3,(H,34,35,36)(H,37,38,39)(H,40,41,42)/b13-5+,27-7+. The fourth-order valence-electron chi connectivity index (χ4n) is 6.71. The molecule has 0 fully saturated rings. The van der Waals surface area contributed by atoms with Crippen LogP contribution in [-0.4, -0.2) is 82.2 Å². The maximum atomic E-state index is 12.1. The van der Waals surface area contributed by atoms with Crippen molar-refractivity contribution in [2.75, 3.05) is 42.8 Å². The van der Waals surface area contributed by atoms with E-state index in [0.717, 1.165) is 0 Å². The van der Waals surface area contributed by atoms with Gasteiger partial charge in [0.25, 0.3) is 30.4 Å². The van der Waals surface area contributed by atoms with Gasteiger partial charge < -0.3 is 20.1 Å². The summed E-state index contributed by atoms with van der Waals surface area (Å²) in [5, 5.41) is 13.4. The molecular formula is C30H40N2O11S3. The molecule has 3 atom stereocenters. The Hall–Kier alpha value is -2.83. The van der Waals surface area contributed by atoms with Crippen molar-refractivity contribution in [3.05, 3.63) is 71.5 Å². The Bertz CT molecular complexity index is 1890. The Labute approximate surface area is 270 Å². The van der Waals surface area contributed by atoms with Gasteiger partial charge in [-0.05, 0) is 86.7 Å². The summed E-state index contributed by atoms with van der Waals surface area (Å²) >= 11 is 0. The number of anilines is 2. The zero-order valence-electron chi connectivity index (χ0n) is 26.0. The average molecular weight is 701 g/mol. The summed E-state index contributed by atoms with van der Waals surface area (Å²) in [4.78, 5) is 1.31. The van der Waals surface area contributed by atoms with E-state index in [1.165, 1.54) is 30.3 Å². The first kappa shape index (κ1) is 36.0. The van der Waals surface area contributed by atoms with Gasteiger partial charge in [-0.1, -0.05) is 19.1 Å². The van der Waals surface area contributed by atoms with Crippen molar-refractivity contribution >= 4 is 41.7 Å². The molecule has 4 rings (SSSR count). The Kier molecular flexibility index (Phi) is 9.90. The molecule has 3 unspecified atom stereocenters. The number of nitrogens with one attached hydrogen (secondary N) is 1. The Balaban J connectivity index is 1.84. The van der Waals surface area contributed by atoms with Gasteiger partial charge >= 0.3 is 0 Å². The number of benzene rings is 2. The molecule has 0 saturated heterocycles. The number of hydrogen-bond acceptors (Lipinski definition) is 10. The van der Waals surface area contributed by atoms with Gasteiger partial charge in [-0.2, -0.15) is 25.3 Å². The van der Waals surface area contributed by atoms with Crippen LogP contribution < -0.4 is 10.2 Å². The number of hydrogen-bond donors (Lipinski definition) is 5. The third-order valence-corrected chi connectivity index (χ3v) is 12.0. The van der Waals surface area contributed by atoms with E-state index >= 15 is 0 Å².